The number of aliphatic hydroxyl groups excluding tert-OH is 1. The number of aliphatic imine (C=N–C) groups is 1. The number of aliphatic hydroxyl groups is 1. The smallest absolute Gasteiger partial charge is 0.0959 e. The summed E-state index contributed by atoms with van der Waals surface area (Å²) in [6.45, 7) is 0. The van der Waals surface area contributed by atoms with Crippen molar-refractivity contribution in [1.29, 1.82) is 0 Å². The number of hydrogen-bond acceptors (Lipinski definition) is 2. The molecule has 0 unspecified atom stereocenters. The minimum absolute atomic E-state index is 0.314. The van der Waals surface area contributed by atoms with Crippen molar-refractivity contribution >= 4 is 21.6 Å². The largest absolute Gasteiger partial charge is 0.387 e. The van der Waals surface area contributed by atoms with E-state index in [1.807, 2.05) is 12.2 Å². The summed E-state index contributed by atoms with van der Waals surface area (Å²) in [6.07, 6.45) is 8.91. The zero-order valence-electron chi connectivity index (χ0n) is 8.28. The van der Waals surface area contributed by atoms with Crippen molar-refractivity contribution in [1.82, 2.24) is 0 Å². The van der Waals surface area contributed by atoms with Gasteiger partial charge in [-0.2, -0.15) is 0 Å². The van der Waals surface area contributed by atoms with Gasteiger partial charge in [0.1, 0.15) is 0 Å². The second-order valence-electron chi connectivity index (χ2n) is 4.22. The van der Waals surface area contributed by atoms with E-state index in [1.165, 1.54) is 5.57 Å². The van der Waals surface area contributed by atoms with Crippen LogP contribution < -0.4 is 0 Å². The Balaban J connectivity index is 2.05. The van der Waals surface area contributed by atoms with Crippen molar-refractivity contribution in [3.63, 3.8) is 0 Å². The number of hydrogen-bond donors (Lipinski definition) is 1. The highest BCUT2D eigenvalue weighted by Gasteiger charge is 2.33. The molecule has 1 heterocycles. The summed E-state index contributed by atoms with van der Waals surface area (Å²) in [5, 5.41) is 9.87. The Morgan fingerprint density at radius 3 is 3.13 bits per heavy atom. The topological polar surface area (TPSA) is 32.6 Å². The predicted octanol–water partition coefficient (Wildman–Crippen LogP) is 2.70. The van der Waals surface area contributed by atoms with Gasteiger partial charge in [-0.25, -0.2) is 0 Å². The van der Waals surface area contributed by atoms with E-state index >= 15 is 0 Å². The van der Waals surface area contributed by atoms with Gasteiger partial charge in [0, 0.05) is 10.4 Å². The van der Waals surface area contributed by atoms with Crippen LogP contribution in [0.2, 0.25) is 0 Å². The molecule has 15 heavy (non-hydrogen) atoms. The minimum Gasteiger partial charge on any atom is -0.387 e. The number of fused-ring (bicyclic) bond motifs is 2. The third-order valence-corrected chi connectivity index (χ3v) is 3.78. The van der Waals surface area contributed by atoms with Gasteiger partial charge in [0.25, 0.3) is 0 Å². The van der Waals surface area contributed by atoms with Crippen LogP contribution in [0.1, 0.15) is 19.3 Å². The van der Waals surface area contributed by atoms with E-state index in [4.69, 9.17) is 0 Å². The number of allylic oxidation sites excluding steroid dienone is 5. The lowest BCUT2D eigenvalue weighted by Crippen LogP contribution is -2.17. The molecule has 3 aliphatic rings. The van der Waals surface area contributed by atoms with Gasteiger partial charge in [-0.15, -0.1) is 0 Å². The van der Waals surface area contributed by atoms with E-state index in [-0.39, 0.29) is 6.10 Å². The second kappa shape index (κ2) is 3.42. The molecule has 0 aromatic carbocycles. The molecule has 0 aromatic heterocycles. The van der Waals surface area contributed by atoms with Gasteiger partial charge in [0.05, 0.1) is 17.5 Å². The number of nitrogens with zero attached hydrogens (tertiary/aromatic N) is 1. The maximum atomic E-state index is 9.87. The first kappa shape index (κ1) is 9.55. The molecule has 78 valence electrons. The Morgan fingerprint density at radius 1 is 1.40 bits per heavy atom. The predicted molar refractivity (Wildman–Crippen MR) is 64.0 cm³/mol. The second-order valence-corrected chi connectivity index (χ2v) is 5.13. The van der Waals surface area contributed by atoms with E-state index in [9.17, 15) is 5.11 Å². The fourth-order valence-electron chi connectivity index (χ4n) is 2.52. The zero-order valence-corrected chi connectivity index (χ0v) is 9.87. The first-order valence-electron chi connectivity index (χ1n) is 5.30. The summed E-state index contributed by atoms with van der Waals surface area (Å²) >= 11 is 3.49. The molecule has 1 aliphatic heterocycles. The molecule has 0 amide bonds. The van der Waals surface area contributed by atoms with Crippen LogP contribution in [-0.4, -0.2) is 16.9 Å². The standard InChI is InChI=1S/C12H12BrNO/c13-7-4-5-10-9(6-7)8-2-1-3-11(15)12(8)14-10/h4-6,9,11,15H,1-3H2/t9-,11-/m1/s1. The number of rotatable bonds is 0. The lowest BCUT2D eigenvalue weighted by Gasteiger charge is -2.21. The molecule has 0 saturated carbocycles. The van der Waals surface area contributed by atoms with Crippen LogP contribution in [0.4, 0.5) is 0 Å². The highest BCUT2D eigenvalue weighted by molar-refractivity contribution is 9.11. The third-order valence-electron chi connectivity index (χ3n) is 3.25. The third kappa shape index (κ3) is 1.45. The molecule has 0 saturated heterocycles. The van der Waals surface area contributed by atoms with Gasteiger partial charge >= 0.3 is 0 Å². The van der Waals surface area contributed by atoms with Gasteiger partial charge in [-0.3, -0.25) is 4.99 Å². The van der Waals surface area contributed by atoms with E-state index in [2.05, 4.69) is 27.0 Å². The molecule has 2 aliphatic carbocycles. The lowest BCUT2D eigenvalue weighted by molar-refractivity contribution is 0.187. The average molecular weight is 266 g/mol. The highest BCUT2D eigenvalue weighted by Crippen LogP contribution is 2.40. The van der Waals surface area contributed by atoms with E-state index < -0.39 is 0 Å². The summed E-state index contributed by atoms with van der Waals surface area (Å²) in [5.74, 6) is 0.314. The summed E-state index contributed by atoms with van der Waals surface area (Å²) in [4.78, 5) is 4.54. The summed E-state index contributed by atoms with van der Waals surface area (Å²) in [6, 6.07) is 0. The van der Waals surface area contributed by atoms with Gasteiger partial charge in [0.2, 0.25) is 0 Å². The van der Waals surface area contributed by atoms with Crippen LogP contribution in [0.25, 0.3) is 0 Å². The molecule has 2 nitrogen and oxygen atoms in total. The Hall–Kier alpha value is -0.670. The van der Waals surface area contributed by atoms with Gasteiger partial charge in [-0.1, -0.05) is 22.0 Å². The first-order valence-corrected chi connectivity index (χ1v) is 6.10. The van der Waals surface area contributed by atoms with Crippen LogP contribution >= 0.6 is 15.9 Å². The Bertz CT molecular complexity index is 431. The van der Waals surface area contributed by atoms with Gasteiger partial charge in [-0.05, 0) is 37.0 Å². The quantitative estimate of drug-likeness (QED) is 0.718. The Labute approximate surface area is 97.2 Å². The maximum Gasteiger partial charge on any atom is 0.0959 e. The van der Waals surface area contributed by atoms with E-state index in [0.29, 0.717) is 5.92 Å². The molecule has 2 atom stereocenters. The normalized spacial score (nSPS) is 33.5. The molecule has 0 fully saturated rings. The number of halogens is 1. The van der Waals surface area contributed by atoms with Crippen molar-refractivity contribution < 1.29 is 5.11 Å². The van der Waals surface area contributed by atoms with Gasteiger partial charge in [0.15, 0.2) is 0 Å². The Morgan fingerprint density at radius 2 is 2.27 bits per heavy atom. The van der Waals surface area contributed by atoms with Crippen molar-refractivity contribution in [2.75, 3.05) is 0 Å². The average Bonchev–Trinajstić information content (AvgIpc) is 2.58. The van der Waals surface area contributed by atoms with Crippen LogP contribution in [0.3, 0.4) is 0 Å². The van der Waals surface area contributed by atoms with Crippen LogP contribution in [0.15, 0.2) is 39.0 Å². The Kier molecular flexibility index (Phi) is 2.18. The van der Waals surface area contributed by atoms with Crippen LogP contribution in [-0.2, 0) is 0 Å². The molecule has 0 spiro atoms. The fraction of sp³-hybridized carbons (Fsp3) is 0.417. The molecule has 0 aromatic rings. The first-order chi connectivity index (χ1) is 7.25. The van der Waals surface area contributed by atoms with Gasteiger partial charge < -0.3 is 5.11 Å². The molecule has 0 radical (unpaired) electrons. The molecule has 0 bridgehead atoms. The summed E-state index contributed by atoms with van der Waals surface area (Å²) < 4.78 is 1.11. The van der Waals surface area contributed by atoms with Crippen LogP contribution in [0, 0.1) is 5.92 Å². The van der Waals surface area contributed by atoms with Crippen molar-refractivity contribution in [3.8, 4) is 0 Å². The highest BCUT2D eigenvalue weighted by atomic mass is 79.9. The molecule has 1 N–H and O–H groups in total. The molecule has 3 heteroatoms. The fourth-order valence-corrected chi connectivity index (χ4v) is 2.92. The SMILES string of the molecule is O[C@@H]1CCCC2=C1N=C1C=CC(Br)=C[C@@H]12. The molecular weight excluding hydrogens is 254 g/mol. The van der Waals surface area contributed by atoms with Crippen molar-refractivity contribution in [3.05, 3.63) is 34.0 Å². The van der Waals surface area contributed by atoms with E-state index in [0.717, 1.165) is 35.2 Å². The summed E-state index contributed by atoms with van der Waals surface area (Å²) in [7, 11) is 0. The van der Waals surface area contributed by atoms with Crippen molar-refractivity contribution in [2.45, 2.75) is 25.4 Å². The molecular formula is C12H12BrNO. The monoisotopic (exact) mass is 265 g/mol. The maximum absolute atomic E-state index is 9.87. The summed E-state index contributed by atoms with van der Waals surface area (Å²) in [5.41, 5.74) is 3.35. The minimum atomic E-state index is -0.340. The zero-order chi connectivity index (χ0) is 10.4. The van der Waals surface area contributed by atoms with Crippen LogP contribution in [0.5, 0.6) is 0 Å². The molecule has 3 rings (SSSR count). The van der Waals surface area contributed by atoms with Crippen molar-refractivity contribution in [2.24, 2.45) is 10.9 Å². The van der Waals surface area contributed by atoms with E-state index in [1.54, 1.807) is 0 Å². The lowest BCUT2D eigenvalue weighted by atomic mass is 9.84.